The van der Waals surface area contributed by atoms with E-state index in [4.69, 9.17) is 0 Å². The van der Waals surface area contributed by atoms with Crippen LogP contribution >= 0.6 is 0 Å². The van der Waals surface area contributed by atoms with Crippen LogP contribution in [0.5, 0.6) is 0 Å². The van der Waals surface area contributed by atoms with Gasteiger partial charge in [0.1, 0.15) is 0 Å². The number of carbonyl (C=O) groups excluding carboxylic acids is 1. The first-order chi connectivity index (χ1) is 8.73. The maximum absolute atomic E-state index is 12.7. The molecule has 0 heterocycles. The van der Waals surface area contributed by atoms with Gasteiger partial charge < -0.3 is 5.32 Å². The molecule has 3 atom stereocenters. The van der Waals surface area contributed by atoms with E-state index in [0.29, 0.717) is 5.92 Å². The fraction of sp³-hybridized carbons (Fsp3) is 0.941. The van der Waals surface area contributed by atoms with Gasteiger partial charge in [0.2, 0.25) is 5.91 Å². The summed E-state index contributed by atoms with van der Waals surface area (Å²) in [4.78, 5) is 12.7. The molecule has 0 saturated heterocycles. The van der Waals surface area contributed by atoms with E-state index in [2.05, 4.69) is 46.9 Å². The molecule has 0 unspecified atom stereocenters. The van der Waals surface area contributed by atoms with Crippen LogP contribution in [0, 0.1) is 17.3 Å². The SMILES string of the molecule is CCC[C@@H]1CC[C@@H](CC)[C@@](C)(C(=O)NC(C)(C)C)C1. The first-order valence-electron chi connectivity index (χ1n) is 8.05. The van der Waals surface area contributed by atoms with Crippen LogP contribution in [0.4, 0.5) is 0 Å². The average molecular weight is 267 g/mol. The highest BCUT2D eigenvalue weighted by atomic mass is 16.2. The smallest absolute Gasteiger partial charge is 0.226 e. The number of rotatable bonds is 4. The Bertz CT molecular complexity index is 305. The van der Waals surface area contributed by atoms with Crippen molar-refractivity contribution in [1.82, 2.24) is 5.32 Å². The van der Waals surface area contributed by atoms with Gasteiger partial charge in [0, 0.05) is 11.0 Å². The van der Waals surface area contributed by atoms with E-state index in [1.165, 1.54) is 25.7 Å². The topological polar surface area (TPSA) is 29.1 Å². The Kier molecular flexibility index (Phi) is 5.46. The molecule has 19 heavy (non-hydrogen) atoms. The molecule has 1 rings (SSSR count). The second kappa shape index (κ2) is 6.28. The lowest BCUT2D eigenvalue weighted by atomic mass is 9.61. The highest BCUT2D eigenvalue weighted by Gasteiger charge is 2.45. The Morgan fingerprint density at radius 1 is 1.26 bits per heavy atom. The summed E-state index contributed by atoms with van der Waals surface area (Å²) in [5, 5.41) is 3.22. The van der Waals surface area contributed by atoms with Crippen molar-refractivity contribution in [3.8, 4) is 0 Å². The molecular formula is C17H33NO. The van der Waals surface area contributed by atoms with Crippen LogP contribution in [0.3, 0.4) is 0 Å². The van der Waals surface area contributed by atoms with E-state index in [1.807, 2.05) is 0 Å². The van der Waals surface area contributed by atoms with E-state index >= 15 is 0 Å². The van der Waals surface area contributed by atoms with Crippen molar-refractivity contribution in [3.05, 3.63) is 0 Å². The number of hydrogen-bond acceptors (Lipinski definition) is 1. The molecule has 1 aliphatic rings. The molecule has 1 aliphatic carbocycles. The summed E-state index contributed by atoms with van der Waals surface area (Å²) in [6, 6.07) is 0. The largest absolute Gasteiger partial charge is 0.351 e. The van der Waals surface area contributed by atoms with Crippen molar-refractivity contribution >= 4 is 5.91 Å². The lowest BCUT2D eigenvalue weighted by Gasteiger charge is -2.44. The number of nitrogens with one attached hydrogen (secondary N) is 1. The first-order valence-corrected chi connectivity index (χ1v) is 8.05. The van der Waals surface area contributed by atoms with Gasteiger partial charge in [0.25, 0.3) is 0 Å². The van der Waals surface area contributed by atoms with Gasteiger partial charge in [-0.2, -0.15) is 0 Å². The summed E-state index contributed by atoms with van der Waals surface area (Å²) in [7, 11) is 0. The zero-order valence-corrected chi connectivity index (χ0v) is 13.8. The Labute approximate surface area is 119 Å². The summed E-state index contributed by atoms with van der Waals surface area (Å²) in [5.41, 5.74) is -0.295. The maximum atomic E-state index is 12.7. The molecule has 0 aliphatic heterocycles. The van der Waals surface area contributed by atoms with Crippen molar-refractivity contribution in [2.45, 2.75) is 85.6 Å². The molecule has 0 aromatic rings. The van der Waals surface area contributed by atoms with Crippen LogP contribution in [0.15, 0.2) is 0 Å². The minimum atomic E-state index is -0.167. The van der Waals surface area contributed by atoms with Crippen LogP contribution in [0.1, 0.15) is 80.1 Å². The fourth-order valence-corrected chi connectivity index (χ4v) is 3.69. The van der Waals surface area contributed by atoms with Gasteiger partial charge in [-0.1, -0.05) is 46.5 Å². The average Bonchev–Trinajstić information content (AvgIpc) is 2.27. The zero-order chi connectivity index (χ0) is 14.7. The predicted molar refractivity (Wildman–Crippen MR) is 82.0 cm³/mol. The molecule has 0 radical (unpaired) electrons. The maximum Gasteiger partial charge on any atom is 0.226 e. The Morgan fingerprint density at radius 2 is 1.89 bits per heavy atom. The normalized spacial score (nSPS) is 32.1. The third-order valence-electron chi connectivity index (χ3n) is 4.73. The molecule has 0 aromatic heterocycles. The monoisotopic (exact) mass is 267 g/mol. The summed E-state index contributed by atoms with van der Waals surface area (Å²) >= 11 is 0. The van der Waals surface area contributed by atoms with Gasteiger partial charge in [0.15, 0.2) is 0 Å². The van der Waals surface area contributed by atoms with E-state index in [0.717, 1.165) is 18.8 Å². The van der Waals surface area contributed by atoms with Gasteiger partial charge >= 0.3 is 0 Å². The Morgan fingerprint density at radius 3 is 2.37 bits per heavy atom. The third kappa shape index (κ3) is 4.22. The molecule has 1 saturated carbocycles. The van der Waals surface area contributed by atoms with Gasteiger partial charge in [-0.05, 0) is 45.4 Å². The minimum Gasteiger partial charge on any atom is -0.351 e. The molecule has 0 bridgehead atoms. The number of amides is 1. The van der Waals surface area contributed by atoms with Gasteiger partial charge in [0.05, 0.1) is 0 Å². The Balaban J connectivity index is 2.84. The summed E-state index contributed by atoms with van der Waals surface area (Å²) < 4.78 is 0. The van der Waals surface area contributed by atoms with Crippen molar-refractivity contribution in [2.75, 3.05) is 0 Å². The first kappa shape index (κ1) is 16.5. The standard InChI is InChI=1S/C17H33NO/c1-7-9-13-10-11-14(8-2)17(6,12-13)15(19)18-16(3,4)5/h13-14H,7-12H2,1-6H3,(H,18,19)/t13-,14-,17+/m1/s1. The Hall–Kier alpha value is -0.530. The van der Waals surface area contributed by atoms with Crippen LogP contribution in [0.2, 0.25) is 0 Å². The zero-order valence-electron chi connectivity index (χ0n) is 13.8. The number of carbonyl (C=O) groups is 1. The van der Waals surface area contributed by atoms with E-state index in [-0.39, 0.29) is 16.9 Å². The van der Waals surface area contributed by atoms with Crippen LogP contribution in [0.25, 0.3) is 0 Å². The minimum absolute atomic E-state index is 0.129. The summed E-state index contributed by atoms with van der Waals surface area (Å²) in [5.74, 6) is 1.55. The number of hydrogen-bond donors (Lipinski definition) is 1. The molecule has 2 nitrogen and oxygen atoms in total. The summed E-state index contributed by atoms with van der Waals surface area (Å²) in [6.07, 6.45) is 7.22. The lowest BCUT2D eigenvalue weighted by Crippen LogP contribution is -2.52. The molecule has 2 heteroatoms. The highest BCUT2D eigenvalue weighted by molar-refractivity contribution is 5.83. The van der Waals surface area contributed by atoms with Crippen LogP contribution in [-0.4, -0.2) is 11.4 Å². The molecule has 1 amide bonds. The molecule has 0 aromatic carbocycles. The van der Waals surface area contributed by atoms with Gasteiger partial charge in [-0.15, -0.1) is 0 Å². The van der Waals surface area contributed by atoms with Crippen molar-refractivity contribution in [3.63, 3.8) is 0 Å². The van der Waals surface area contributed by atoms with E-state index in [1.54, 1.807) is 0 Å². The molecule has 1 fully saturated rings. The molecular weight excluding hydrogens is 234 g/mol. The van der Waals surface area contributed by atoms with Gasteiger partial charge in [-0.25, -0.2) is 0 Å². The second-order valence-electron chi connectivity index (χ2n) is 7.66. The quantitative estimate of drug-likeness (QED) is 0.796. The molecule has 1 N–H and O–H groups in total. The van der Waals surface area contributed by atoms with Crippen molar-refractivity contribution in [1.29, 1.82) is 0 Å². The van der Waals surface area contributed by atoms with Crippen molar-refractivity contribution in [2.24, 2.45) is 17.3 Å². The predicted octanol–water partition coefficient (Wildman–Crippen LogP) is 4.53. The van der Waals surface area contributed by atoms with Gasteiger partial charge in [-0.3, -0.25) is 4.79 Å². The summed E-state index contributed by atoms with van der Waals surface area (Å²) in [6.45, 7) is 12.9. The van der Waals surface area contributed by atoms with Crippen LogP contribution < -0.4 is 5.32 Å². The lowest BCUT2D eigenvalue weighted by molar-refractivity contribution is -0.138. The highest BCUT2D eigenvalue weighted by Crippen LogP contribution is 2.46. The second-order valence-corrected chi connectivity index (χ2v) is 7.66. The van der Waals surface area contributed by atoms with E-state index in [9.17, 15) is 4.79 Å². The van der Waals surface area contributed by atoms with Crippen LogP contribution in [-0.2, 0) is 4.79 Å². The van der Waals surface area contributed by atoms with Crippen molar-refractivity contribution < 1.29 is 4.79 Å². The fourth-order valence-electron chi connectivity index (χ4n) is 3.69. The molecule has 0 spiro atoms. The third-order valence-corrected chi connectivity index (χ3v) is 4.73. The molecule has 112 valence electrons. The van der Waals surface area contributed by atoms with E-state index < -0.39 is 0 Å².